The molecule has 1 amide bonds. The van der Waals surface area contributed by atoms with Crippen molar-refractivity contribution >= 4 is 23.0 Å². The molecule has 4 rings (SSSR count). The van der Waals surface area contributed by atoms with E-state index in [0.29, 0.717) is 11.3 Å². The lowest BCUT2D eigenvalue weighted by atomic mass is 10.0. The Morgan fingerprint density at radius 1 is 1.03 bits per heavy atom. The summed E-state index contributed by atoms with van der Waals surface area (Å²) in [4.78, 5) is 25.2. The Bertz CT molecular complexity index is 1050. The molecule has 1 aliphatic heterocycles. The van der Waals surface area contributed by atoms with Crippen molar-refractivity contribution in [2.24, 2.45) is 0 Å². The highest BCUT2D eigenvalue weighted by molar-refractivity contribution is 6.04. The van der Waals surface area contributed by atoms with Crippen molar-refractivity contribution in [3.05, 3.63) is 99.6 Å². The van der Waals surface area contributed by atoms with Crippen LogP contribution in [-0.2, 0) is 13.0 Å². The number of fused-ring (bicyclic) bond motifs is 1. The van der Waals surface area contributed by atoms with Gasteiger partial charge in [-0.3, -0.25) is 14.9 Å². The maximum absolute atomic E-state index is 12.5. The fraction of sp³-hybridized carbons (Fsp3) is 0.174. The van der Waals surface area contributed by atoms with Crippen LogP contribution in [0.5, 0.6) is 0 Å². The molecule has 0 saturated carbocycles. The van der Waals surface area contributed by atoms with Gasteiger partial charge in [0.05, 0.1) is 4.92 Å². The largest absolute Gasteiger partial charge is 0.367 e. The van der Waals surface area contributed by atoms with Gasteiger partial charge >= 0.3 is 0 Å². The van der Waals surface area contributed by atoms with Crippen LogP contribution in [0.2, 0.25) is 0 Å². The third-order valence-corrected chi connectivity index (χ3v) is 5.11. The summed E-state index contributed by atoms with van der Waals surface area (Å²) in [5.41, 5.74) is 4.66. The van der Waals surface area contributed by atoms with Crippen LogP contribution in [0.25, 0.3) is 0 Å². The van der Waals surface area contributed by atoms with E-state index in [2.05, 4.69) is 34.5 Å². The number of carbonyl (C=O) groups excluding carboxylic acids is 1. The number of para-hydroxylation sites is 1. The van der Waals surface area contributed by atoms with Gasteiger partial charge in [0.15, 0.2) is 0 Å². The van der Waals surface area contributed by atoms with E-state index in [9.17, 15) is 14.9 Å². The summed E-state index contributed by atoms with van der Waals surface area (Å²) in [5, 5.41) is 13.6. The number of benzene rings is 3. The van der Waals surface area contributed by atoms with E-state index >= 15 is 0 Å². The first-order valence-corrected chi connectivity index (χ1v) is 9.58. The van der Waals surface area contributed by atoms with Gasteiger partial charge in [-0.15, -0.1) is 0 Å². The second-order valence-corrected chi connectivity index (χ2v) is 7.11. The van der Waals surface area contributed by atoms with Crippen LogP contribution < -0.4 is 10.2 Å². The van der Waals surface area contributed by atoms with E-state index in [1.165, 1.54) is 23.4 Å². The maximum atomic E-state index is 12.5. The van der Waals surface area contributed by atoms with Gasteiger partial charge in [-0.1, -0.05) is 36.4 Å². The van der Waals surface area contributed by atoms with Crippen molar-refractivity contribution in [3.8, 4) is 0 Å². The molecule has 0 bridgehead atoms. The number of carbonyl (C=O) groups is 1. The van der Waals surface area contributed by atoms with E-state index in [-0.39, 0.29) is 11.6 Å². The molecule has 0 aliphatic carbocycles. The monoisotopic (exact) mass is 387 g/mol. The molecule has 0 radical (unpaired) electrons. The zero-order chi connectivity index (χ0) is 20.2. The van der Waals surface area contributed by atoms with Crippen LogP contribution in [0, 0.1) is 10.1 Å². The molecule has 146 valence electrons. The second kappa shape index (κ2) is 8.14. The maximum Gasteiger partial charge on any atom is 0.271 e. The molecule has 3 aromatic carbocycles. The Hall–Kier alpha value is -3.67. The minimum Gasteiger partial charge on any atom is -0.367 e. The number of hydrogen-bond donors (Lipinski definition) is 1. The van der Waals surface area contributed by atoms with Gasteiger partial charge in [0.25, 0.3) is 11.6 Å². The molecule has 3 aromatic rings. The smallest absolute Gasteiger partial charge is 0.271 e. The standard InChI is InChI=1S/C23H21N3O3/c27-23(24-20-7-3-8-21(15-20)26(28)29)19-12-10-17(11-13-19)16-25-14-4-6-18-5-1-2-9-22(18)25/h1-3,5,7-13,15H,4,6,14,16H2,(H,24,27). The molecule has 1 heterocycles. The minimum absolute atomic E-state index is 0.0556. The summed E-state index contributed by atoms with van der Waals surface area (Å²) in [6.45, 7) is 1.82. The normalized spacial score (nSPS) is 12.9. The first-order valence-electron chi connectivity index (χ1n) is 9.58. The summed E-state index contributed by atoms with van der Waals surface area (Å²) in [6.07, 6.45) is 2.25. The van der Waals surface area contributed by atoms with Crippen LogP contribution in [0.1, 0.15) is 27.9 Å². The predicted octanol–water partition coefficient (Wildman–Crippen LogP) is 4.80. The molecule has 1 N–H and O–H groups in total. The van der Waals surface area contributed by atoms with E-state index in [1.54, 1.807) is 24.3 Å². The molecular weight excluding hydrogens is 366 g/mol. The first-order chi connectivity index (χ1) is 14.1. The SMILES string of the molecule is O=C(Nc1cccc([N+](=O)[O-])c1)c1ccc(CN2CCCc3ccccc32)cc1. The molecule has 0 fully saturated rings. The van der Waals surface area contributed by atoms with Crippen molar-refractivity contribution in [3.63, 3.8) is 0 Å². The number of amides is 1. The van der Waals surface area contributed by atoms with E-state index < -0.39 is 4.92 Å². The third kappa shape index (κ3) is 4.27. The molecule has 0 aromatic heterocycles. The van der Waals surface area contributed by atoms with Crippen LogP contribution in [-0.4, -0.2) is 17.4 Å². The van der Waals surface area contributed by atoms with E-state index in [4.69, 9.17) is 0 Å². The molecule has 29 heavy (non-hydrogen) atoms. The van der Waals surface area contributed by atoms with Gasteiger partial charge in [0.1, 0.15) is 0 Å². The van der Waals surface area contributed by atoms with Crippen molar-refractivity contribution in [1.82, 2.24) is 0 Å². The number of nitrogens with one attached hydrogen (secondary N) is 1. The predicted molar refractivity (Wildman–Crippen MR) is 113 cm³/mol. The molecule has 6 heteroatoms. The minimum atomic E-state index is -0.483. The quantitative estimate of drug-likeness (QED) is 0.504. The van der Waals surface area contributed by atoms with Crippen molar-refractivity contribution < 1.29 is 9.72 Å². The number of aryl methyl sites for hydroxylation is 1. The zero-order valence-corrected chi connectivity index (χ0v) is 15.9. The number of anilines is 2. The Morgan fingerprint density at radius 3 is 2.62 bits per heavy atom. The number of non-ortho nitro benzene ring substituents is 1. The second-order valence-electron chi connectivity index (χ2n) is 7.11. The van der Waals surface area contributed by atoms with Crippen molar-refractivity contribution in [2.45, 2.75) is 19.4 Å². The zero-order valence-electron chi connectivity index (χ0n) is 15.9. The highest BCUT2D eigenvalue weighted by atomic mass is 16.6. The van der Waals surface area contributed by atoms with Gasteiger partial charge < -0.3 is 10.2 Å². The third-order valence-electron chi connectivity index (χ3n) is 5.11. The number of nitrogens with zero attached hydrogens (tertiary/aromatic N) is 2. The summed E-state index contributed by atoms with van der Waals surface area (Å²) in [6, 6.07) is 21.9. The lowest BCUT2D eigenvalue weighted by Crippen LogP contribution is -2.28. The first kappa shape index (κ1) is 18.7. The molecular formula is C23H21N3O3. The van der Waals surface area contributed by atoms with Gasteiger partial charge in [-0.05, 0) is 48.2 Å². The molecule has 0 saturated heterocycles. The molecule has 0 unspecified atom stereocenters. The van der Waals surface area contributed by atoms with Gasteiger partial charge in [0, 0.05) is 42.2 Å². The van der Waals surface area contributed by atoms with Crippen molar-refractivity contribution in [2.75, 3.05) is 16.8 Å². The fourth-order valence-corrected chi connectivity index (χ4v) is 3.66. The van der Waals surface area contributed by atoms with Gasteiger partial charge in [-0.25, -0.2) is 0 Å². The average molecular weight is 387 g/mol. The Morgan fingerprint density at radius 2 is 1.83 bits per heavy atom. The average Bonchev–Trinajstić information content (AvgIpc) is 2.75. The Balaban J connectivity index is 1.44. The highest BCUT2D eigenvalue weighted by Gasteiger charge is 2.16. The molecule has 0 spiro atoms. The molecule has 6 nitrogen and oxygen atoms in total. The summed E-state index contributed by atoms with van der Waals surface area (Å²) >= 11 is 0. The summed E-state index contributed by atoms with van der Waals surface area (Å²) < 4.78 is 0. The summed E-state index contributed by atoms with van der Waals surface area (Å²) in [5.74, 6) is -0.291. The molecule has 0 atom stereocenters. The van der Waals surface area contributed by atoms with Crippen LogP contribution in [0.4, 0.5) is 17.1 Å². The highest BCUT2D eigenvalue weighted by Crippen LogP contribution is 2.28. The lowest BCUT2D eigenvalue weighted by Gasteiger charge is -2.31. The van der Waals surface area contributed by atoms with Gasteiger partial charge in [-0.2, -0.15) is 0 Å². The van der Waals surface area contributed by atoms with Crippen molar-refractivity contribution in [1.29, 1.82) is 0 Å². The number of nitro benzene ring substituents is 1. The number of rotatable bonds is 5. The van der Waals surface area contributed by atoms with E-state index in [0.717, 1.165) is 31.5 Å². The topological polar surface area (TPSA) is 75.5 Å². The molecule has 1 aliphatic rings. The van der Waals surface area contributed by atoms with E-state index in [1.807, 2.05) is 12.1 Å². The lowest BCUT2D eigenvalue weighted by molar-refractivity contribution is -0.384. The van der Waals surface area contributed by atoms with Crippen LogP contribution in [0.15, 0.2) is 72.8 Å². The summed E-state index contributed by atoms with van der Waals surface area (Å²) in [7, 11) is 0. The van der Waals surface area contributed by atoms with Gasteiger partial charge in [0.2, 0.25) is 0 Å². The fourth-order valence-electron chi connectivity index (χ4n) is 3.66. The van der Waals surface area contributed by atoms with Crippen LogP contribution >= 0.6 is 0 Å². The number of hydrogen-bond acceptors (Lipinski definition) is 4. The Kier molecular flexibility index (Phi) is 5.24. The Labute approximate surface area is 168 Å². The number of nitro groups is 1. The van der Waals surface area contributed by atoms with Crippen LogP contribution in [0.3, 0.4) is 0 Å².